The van der Waals surface area contributed by atoms with Crippen molar-refractivity contribution in [2.75, 3.05) is 6.54 Å². The summed E-state index contributed by atoms with van der Waals surface area (Å²) < 4.78 is 28.1. The molecule has 0 bridgehead atoms. The van der Waals surface area contributed by atoms with Crippen LogP contribution in [0, 0.1) is 18.8 Å². The van der Waals surface area contributed by atoms with Gasteiger partial charge in [-0.15, -0.1) is 0 Å². The molecule has 0 radical (unpaired) electrons. The van der Waals surface area contributed by atoms with Crippen LogP contribution in [0.4, 0.5) is 0 Å². The normalized spacial score (nSPS) is 13.7. The predicted octanol–water partition coefficient (Wildman–Crippen LogP) is 0.754. The number of nitrogens with one attached hydrogen (secondary N) is 1. The van der Waals surface area contributed by atoms with Crippen molar-refractivity contribution in [2.24, 2.45) is 18.9 Å². The largest absolute Gasteiger partial charge is 0.481 e. The van der Waals surface area contributed by atoms with Crippen LogP contribution in [0.2, 0.25) is 0 Å². The highest BCUT2D eigenvalue weighted by Gasteiger charge is 2.24. The molecule has 0 saturated heterocycles. The average Bonchev–Trinajstić information content (AvgIpc) is 2.65. The van der Waals surface area contributed by atoms with Crippen molar-refractivity contribution in [3.05, 3.63) is 11.9 Å². The SMILES string of the molecule is Cc1c(S(=O)(=O)NCC(CC(C)C)C(=O)O)cnn1C. The summed E-state index contributed by atoms with van der Waals surface area (Å²) in [7, 11) is -2.09. The molecule has 7 nitrogen and oxygen atoms in total. The van der Waals surface area contributed by atoms with Crippen molar-refractivity contribution >= 4 is 16.0 Å². The minimum Gasteiger partial charge on any atom is -0.481 e. The minimum atomic E-state index is -3.73. The van der Waals surface area contributed by atoms with Gasteiger partial charge in [0.2, 0.25) is 10.0 Å². The molecule has 0 aromatic carbocycles. The minimum absolute atomic E-state index is 0.0775. The Morgan fingerprint density at radius 3 is 2.50 bits per heavy atom. The third-order valence-electron chi connectivity index (χ3n) is 3.10. The topological polar surface area (TPSA) is 101 Å². The first-order valence-electron chi connectivity index (χ1n) is 6.36. The number of carboxylic acids is 1. The van der Waals surface area contributed by atoms with E-state index >= 15 is 0 Å². The van der Waals surface area contributed by atoms with Gasteiger partial charge in [-0.25, -0.2) is 13.1 Å². The lowest BCUT2D eigenvalue weighted by atomic mass is 9.98. The van der Waals surface area contributed by atoms with Crippen molar-refractivity contribution in [1.29, 1.82) is 0 Å². The van der Waals surface area contributed by atoms with E-state index in [-0.39, 0.29) is 17.4 Å². The number of hydrogen-bond acceptors (Lipinski definition) is 4. The van der Waals surface area contributed by atoms with Crippen LogP contribution in [0.25, 0.3) is 0 Å². The molecule has 8 heteroatoms. The van der Waals surface area contributed by atoms with Crippen LogP contribution >= 0.6 is 0 Å². The fraction of sp³-hybridized carbons (Fsp3) is 0.667. The Balaban J connectivity index is 2.81. The highest BCUT2D eigenvalue weighted by Crippen LogP contribution is 2.15. The smallest absolute Gasteiger partial charge is 0.307 e. The molecule has 114 valence electrons. The van der Waals surface area contributed by atoms with Crippen LogP contribution in [0.1, 0.15) is 26.0 Å². The summed E-state index contributed by atoms with van der Waals surface area (Å²) in [6, 6.07) is 0. The van der Waals surface area contributed by atoms with E-state index in [4.69, 9.17) is 5.11 Å². The van der Waals surface area contributed by atoms with E-state index in [1.54, 1.807) is 14.0 Å². The third kappa shape index (κ3) is 4.04. The molecular formula is C12H21N3O4S. The van der Waals surface area contributed by atoms with Crippen molar-refractivity contribution < 1.29 is 18.3 Å². The monoisotopic (exact) mass is 303 g/mol. The van der Waals surface area contributed by atoms with Crippen molar-refractivity contribution in [3.8, 4) is 0 Å². The molecule has 0 aliphatic heterocycles. The summed E-state index contributed by atoms with van der Waals surface area (Å²) in [6.45, 7) is 5.32. The number of carbonyl (C=O) groups is 1. The Morgan fingerprint density at radius 1 is 1.50 bits per heavy atom. The first kappa shape index (κ1) is 16.6. The predicted molar refractivity (Wildman–Crippen MR) is 73.7 cm³/mol. The molecule has 20 heavy (non-hydrogen) atoms. The summed E-state index contributed by atoms with van der Waals surface area (Å²) in [5, 5.41) is 13.0. The number of aromatic nitrogens is 2. The Labute approximate surface area is 119 Å². The van der Waals surface area contributed by atoms with Crippen LogP contribution in [0.3, 0.4) is 0 Å². The van der Waals surface area contributed by atoms with Gasteiger partial charge >= 0.3 is 5.97 Å². The van der Waals surface area contributed by atoms with Crippen molar-refractivity contribution in [1.82, 2.24) is 14.5 Å². The van der Waals surface area contributed by atoms with Crippen LogP contribution in [0.5, 0.6) is 0 Å². The quantitative estimate of drug-likeness (QED) is 0.774. The molecule has 1 aromatic heterocycles. The summed E-state index contributed by atoms with van der Waals surface area (Å²) in [5.41, 5.74) is 0.508. The standard InChI is InChI=1S/C12H21N3O4S/c1-8(2)5-10(12(16)17)6-14-20(18,19)11-7-13-15(4)9(11)3/h7-8,10,14H,5-6H2,1-4H3,(H,16,17). The highest BCUT2D eigenvalue weighted by molar-refractivity contribution is 7.89. The average molecular weight is 303 g/mol. The van der Waals surface area contributed by atoms with E-state index in [0.29, 0.717) is 12.1 Å². The molecule has 1 atom stereocenters. The fourth-order valence-corrected chi connectivity index (χ4v) is 3.15. The zero-order valence-corrected chi connectivity index (χ0v) is 12.9. The highest BCUT2D eigenvalue weighted by atomic mass is 32.2. The van der Waals surface area contributed by atoms with Gasteiger partial charge in [0.15, 0.2) is 0 Å². The number of sulfonamides is 1. The van der Waals surface area contributed by atoms with Gasteiger partial charge in [0.25, 0.3) is 0 Å². The van der Waals surface area contributed by atoms with Gasteiger partial charge in [0, 0.05) is 13.6 Å². The number of carboxylic acid groups (broad SMARTS) is 1. The molecule has 1 rings (SSSR count). The molecule has 0 amide bonds. The van der Waals surface area contributed by atoms with Gasteiger partial charge in [0.05, 0.1) is 17.8 Å². The molecule has 2 N–H and O–H groups in total. The number of nitrogens with zero attached hydrogens (tertiary/aromatic N) is 2. The zero-order chi connectivity index (χ0) is 15.5. The lowest BCUT2D eigenvalue weighted by Crippen LogP contribution is -2.33. The lowest BCUT2D eigenvalue weighted by Gasteiger charge is -2.15. The van der Waals surface area contributed by atoms with Crippen LogP contribution < -0.4 is 4.72 Å². The second kappa shape index (κ2) is 6.36. The van der Waals surface area contributed by atoms with E-state index < -0.39 is 21.9 Å². The molecule has 0 aliphatic rings. The number of aliphatic carboxylic acids is 1. The summed E-state index contributed by atoms with van der Waals surface area (Å²) in [6.07, 6.45) is 1.68. The van der Waals surface area contributed by atoms with Crippen LogP contribution in [0.15, 0.2) is 11.1 Å². The van der Waals surface area contributed by atoms with Gasteiger partial charge in [-0.1, -0.05) is 13.8 Å². The number of aryl methyl sites for hydroxylation is 1. The zero-order valence-electron chi connectivity index (χ0n) is 12.1. The number of rotatable bonds is 7. The number of hydrogen-bond donors (Lipinski definition) is 2. The summed E-state index contributed by atoms with van der Waals surface area (Å²) in [4.78, 5) is 11.2. The molecular weight excluding hydrogens is 282 g/mol. The van der Waals surface area contributed by atoms with Gasteiger partial charge in [0.1, 0.15) is 4.90 Å². The fourth-order valence-electron chi connectivity index (χ4n) is 1.87. The Hall–Kier alpha value is -1.41. The molecule has 0 saturated carbocycles. The lowest BCUT2D eigenvalue weighted by molar-refractivity contribution is -0.142. The molecule has 1 aromatic rings. The van der Waals surface area contributed by atoms with Gasteiger partial charge < -0.3 is 5.11 Å². The van der Waals surface area contributed by atoms with Gasteiger partial charge in [-0.05, 0) is 19.3 Å². The molecule has 0 aliphatic carbocycles. The summed E-state index contributed by atoms with van der Waals surface area (Å²) in [5.74, 6) is -1.55. The third-order valence-corrected chi connectivity index (χ3v) is 4.63. The van der Waals surface area contributed by atoms with Crippen molar-refractivity contribution in [2.45, 2.75) is 32.1 Å². The maximum Gasteiger partial charge on any atom is 0.307 e. The first-order valence-corrected chi connectivity index (χ1v) is 7.84. The first-order chi connectivity index (χ1) is 9.15. The van der Waals surface area contributed by atoms with Crippen LogP contribution in [-0.4, -0.2) is 35.8 Å². The maximum absolute atomic E-state index is 12.1. The second-order valence-corrected chi connectivity index (χ2v) is 6.97. The van der Waals surface area contributed by atoms with E-state index in [0.717, 1.165) is 0 Å². The van der Waals surface area contributed by atoms with E-state index in [9.17, 15) is 13.2 Å². The van der Waals surface area contributed by atoms with E-state index in [2.05, 4.69) is 9.82 Å². The Morgan fingerprint density at radius 2 is 2.10 bits per heavy atom. The van der Waals surface area contributed by atoms with Crippen molar-refractivity contribution in [3.63, 3.8) is 0 Å². The summed E-state index contributed by atoms with van der Waals surface area (Å²) >= 11 is 0. The molecule has 0 spiro atoms. The van der Waals surface area contributed by atoms with Gasteiger partial charge in [-0.3, -0.25) is 9.48 Å². The Kier molecular flexibility index (Phi) is 5.29. The Bertz CT molecular complexity index is 578. The second-order valence-electron chi connectivity index (χ2n) is 5.23. The molecule has 0 fully saturated rings. The van der Waals surface area contributed by atoms with E-state index in [1.807, 2.05) is 13.8 Å². The molecule has 1 unspecified atom stereocenters. The maximum atomic E-state index is 12.1. The van der Waals surface area contributed by atoms with E-state index in [1.165, 1.54) is 10.9 Å². The van der Waals surface area contributed by atoms with Crippen LogP contribution in [-0.2, 0) is 21.9 Å². The molecule has 1 heterocycles. The van der Waals surface area contributed by atoms with Gasteiger partial charge in [-0.2, -0.15) is 5.10 Å².